The summed E-state index contributed by atoms with van der Waals surface area (Å²) in [4.78, 5) is 16.6. The van der Waals surface area contributed by atoms with E-state index in [-0.39, 0.29) is 11.4 Å². The van der Waals surface area contributed by atoms with Crippen molar-refractivity contribution in [3.05, 3.63) is 53.1 Å². The van der Waals surface area contributed by atoms with Crippen LogP contribution in [0.2, 0.25) is 0 Å². The van der Waals surface area contributed by atoms with E-state index in [0.29, 0.717) is 5.56 Å². The van der Waals surface area contributed by atoms with E-state index < -0.39 is 0 Å². The first kappa shape index (κ1) is 13.1. The Morgan fingerprint density at radius 1 is 1.45 bits per heavy atom. The Morgan fingerprint density at radius 2 is 2.30 bits per heavy atom. The monoisotopic (exact) mass is 284 g/mol. The number of benzene rings is 1. The van der Waals surface area contributed by atoms with Crippen LogP contribution in [0.4, 0.5) is 0 Å². The molecule has 1 unspecified atom stereocenters. The van der Waals surface area contributed by atoms with Gasteiger partial charge in [0.05, 0.1) is 21.3 Å². The van der Waals surface area contributed by atoms with Crippen LogP contribution in [-0.4, -0.2) is 16.4 Å². The number of carbonyl (C=O) groups excluding carboxylic acids is 1. The van der Waals surface area contributed by atoms with Crippen molar-refractivity contribution < 1.29 is 4.79 Å². The first-order valence-electron chi connectivity index (χ1n) is 6.57. The minimum Gasteiger partial charge on any atom is -0.343 e. The van der Waals surface area contributed by atoms with E-state index in [1.54, 1.807) is 16.8 Å². The molecule has 1 amide bonds. The zero-order chi connectivity index (χ0) is 14.2. The van der Waals surface area contributed by atoms with Crippen LogP contribution in [0.25, 0.3) is 10.2 Å². The molecule has 4 heteroatoms. The van der Waals surface area contributed by atoms with Gasteiger partial charge in [-0.05, 0) is 38.5 Å². The van der Waals surface area contributed by atoms with Crippen LogP contribution >= 0.6 is 11.3 Å². The highest BCUT2D eigenvalue weighted by Gasteiger charge is 2.24. The maximum atomic E-state index is 12.4. The topological polar surface area (TPSA) is 42.0 Å². The van der Waals surface area contributed by atoms with Crippen LogP contribution in [-0.2, 0) is 0 Å². The second-order valence-electron chi connectivity index (χ2n) is 5.39. The summed E-state index contributed by atoms with van der Waals surface area (Å²) in [6.07, 6.45) is 7.08. The summed E-state index contributed by atoms with van der Waals surface area (Å²) < 4.78 is 1.04. The molecule has 1 aromatic carbocycles. The minimum atomic E-state index is -0.306. The molecular weight excluding hydrogens is 268 g/mol. The summed E-state index contributed by atoms with van der Waals surface area (Å²) in [6.45, 7) is 4.10. The van der Waals surface area contributed by atoms with Gasteiger partial charge in [0.1, 0.15) is 0 Å². The van der Waals surface area contributed by atoms with Crippen LogP contribution in [0, 0.1) is 0 Å². The van der Waals surface area contributed by atoms with Gasteiger partial charge in [-0.25, -0.2) is 4.98 Å². The van der Waals surface area contributed by atoms with Crippen LogP contribution < -0.4 is 5.32 Å². The van der Waals surface area contributed by atoms with Crippen molar-refractivity contribution in [3.8, 4) is 0 Å². The minimum absolute atomic E-state index is 0.0413. The van der Waals surface area contributed by atoms with Gasteiger partial charge < -0.3 is 5.32 Å². The van der Waals surface area contributed by atoms with Gasteiger partial charge in [0, 0.05) is 5.56 Å². The lowest BCUT2D eigenvalue weighted by Crippen LogP contribution is -2.44. The van der Waals surface area contributed by atoms with E-state index >= 15 is 0 Å². The van der Waals surface area contributed by atoms with Crippen LogP contribution in [0.3, 0.4) is 0 Å². The second-order valence-corrected chi connectivity index (χ2v) is 6.28. The third kappa shape index (κ3) is 2.51. The molecule has 0 radical (unpaired) electrons. The number of nitrogens with zero attached hydrogens (tertiary/aromatic N) is 1. The average molecular weight is 284 g/mol. The summed E-state index contributed by atoms with van der Waals surface area (Å²) in [5, 5.41) is 3.10. The zero-order valence-electron chi connectivity index (χ0n) is 11.5. The molecule has 0 bridgehead atoms. The first-order valence-corrected chi connectivity index (χ1v) is 7.45. The number of carbonyl (C=O) groups is 1. The molecule has 1 aliphatic carbocycles. The Bertz CT molecular complexity index is 729. The number of amides is 1. The Morgan fingerprint density at radius 3 is 3.05 bits per heavy atom. The lowest BCUT2D eigenvalue weighted by atomic mass is 9.90. The Balaban J connectivity index is 1.81. The number of nitrogens with one attached hydrogen (secondary N) is 1. The highest BCUT2D eigenvalue weighted by Crippen LogP contribution is 2.22. The molecule has 20 heavy (non-hydrogen) atoms. The molecule has 0 aliphatic heterocycles. The maximum absolute atomic E-state index is 12.4. The quantitative estimate of drug-likeness (QED) is 0.913. The standard InChI is InChI=1S/C16H16N2OS/c1-11-5-7-16(2,8-6-11)18-15(19)12-3-4-13-14(9-12)20-10-17-13/h3-7,9-10H,8H2,1-2H3,(H,18,19). The van der Waals surface area contributed by atoms with E-state index in [4.69, 9.17) is 0 Å². The Kier molecular flexibility index (Phi) is 3.18. The van der Waals surface area contributed by atoms with Gasteiger partial charge in [0.2, 0.25) is 0 Å². The largest absolute Gasteiger partial charge is 0.343 e. The molecule has 102 valence electrons. The van der Waals surface area contributed by atoms with E-state index in [1.165, 1.54) is 5.57 Å². The lowest BCUT2D eigenvalue weighted by Gasteiger charge is -2.29. The number of fused-ring (bicyclic) bond motifs is 1. The normalized spacial score (nSPS) is 21.8. The molecular formula is C16H16N2OS. The van der Waals surface area contributed by atoms with Crippen LogP contribution in [0.5, 0.6) is 0 Å². The summed E-state index contributed by atoms with van der Waals surface area (Å²) in [5.74, 6) is -0.0413. The Hall–Kier alpha value is -1.94. The van der Waals surface area contributed by atoms with Gasteiger partial charge in [-0.2, -0.15) is 0 Å². The second kappa shape index (κ2) is 4.87. The van der Waals surface area contributed by atoms with Crippen molar-refractivity contribution >= 4 is 27.5 Å². The number of aromatic nitrogens is 1. The van der Waals surface area contributed by atoms with Gasteiger partial charge in [0.25, 0.3) is 5.91 Å². The molecule has 1 N–H and O–H groups in total. The number of rotatable bonds is 2. The van der Waals surface area contributed by atoms with Crippen LogP contribution in [0.1, 0.15) is 30.6 Å². The van der Waals surface area contributed by atoms with Gasteiger partial charge in [-0.1, -0.05) is 23.8 Å². The summed E-state index contributed by atoms with van der Waals surface area (Å²) >= 11 is 1.55. The predicted molar refractivity (Wildman–Crippen MR) is 83.0 cm³/mol. The van der Waals surface area contributed by atoms with Gasteiger partial charge in [-0.15, -0.1) is 11.3 Å². The number of hydrogen-bond acceptors (Lipinski definition) is 3. The van der Waals surface area contributed by atoms with Crippen molar-refractivity contribution in [2.75, 3.05) is 0 Å². The van der Waals surface area contributed by atoms with Gasteiger partial charge >= 0.3 is 0 Å². The highest BCUT2D eigenvalue weighted by molar-refractivity contribution is 7.16. The molecule has 1 heterocycles. The summed E-state index contributed by atoms with van der Waals surface area (Å²) in [7, 11) is 0. The smallest absolute Gasteiger partial charge is 0.252 e. The maximum Gasteiger partial charge on any atom is 0.252 e. The molecule has 1 aromatic heterocycles. The SMILES string of the molecule is CC1=CCC(C)(NC(=O)c2ccc3ncsc3c2)C=C1. The third-order valence-electron chi connectivity index (χ3n) is 3.55. The zero-order valence-corrected chi connectivity index (χ0v) is 12.3. The molecule has 1 aliphatic rings. The van der Waals surface area contributed by atoms with Crippen molar-refractivity contribution in [1.29, 1.82) is 0 Å². The van der Waals surface area contributed by atoms with E-state index in [9.17, 15) is 4.79 Å². The lowest BCUT2D eigenvalue weighted by molar-refractivity contribution is 0.0922. The van der Waals surface area contributed by atoms with E-state index in [0.717, 1.165) is 16.6 Å². The first-order chi connectivity index (χ1) is 9.56. The third-order valence-corrected chi connectivity index (χ3v) is 4.35. The van der Waals surface area contributed by atoms with Crippen molar-refractivity contribution in [1.82, 2.24) is 10.3 Å². The van der Waals surface area contributed by atoms with E-state index in [2.05, 4.69) is 35.5 Å². The molecule has 0 fully saturated rings. The molecule has 3 nitrogen and oxygen atoms in total. The Labute approximate surface area is 122 Å². The highest BCUT2D eigenvalue weighted by atomic mass is 32.1. The number of hydrogen-bond donors (Lipinski definition) is 1. The number of allylic oxidation sites excluding steroid dienone is 2. The fourth-order valence-electron chi connectivity index (χ4n) is 2.25. The number of thiazole rings is 1. The van der Waals surface area contributed by atoms with Crippen LogP contribution in [0.15, 0.2) is 47.5 Å². The average Bonchev–Trinajstić information content (AvgIpc) is 2.89. The van der Waals surface area contributed by atoms with Crippen molar-refractivity contribution in [2.24, 2.45) is 0 Å². The fourth-order valence-corrected chi connectivity index (χ4v) is 2.96. The predicted octanol–water partition coefficient (Wildman–Crippen LogP) is 3.69. The summed E-state index contributed by atoms with van der Waals surface area (Å²) in [6, 6.07) is 5.62. The summed E-state index contributed by atoms with van der Waals surface area (Å²) in [5.41, 5.74) is 4.35. The molecule has 0 spiro atoms. The van der Waals surface area contributed by atoms with Crippen molar-refractivity contribution in [2.45, 2.75) is 25.8 Å². The van der Waals surface area contributed by atoms with Crippen molar-refractivity contribution in [3.63, 3.8) is 0 Å². The fraction of sp³-hybridized carbons (Fsp3) is 0.250. The molecule has 0 saturated carbocycles. The van der Waals surface area contributed by atoms with E-state index in [1.807, 2.05) is 25.1 Å². The molecule has 0 saturated heterocycles. The molecule has 1 atom stereocenters. The molecule has 3 rings (SSSR count). The molecule has 2 aromatic rings. The van der Waals surface area contributed by atoms with Gasteiger partial charge in [-0.3, -0.25) is 4.79 Å². The van der Waals surface area contributed by atoms with Gasteiger partial charge in [0.15, 0.2) is 0 Å².